The summed E-state index contributed by atoms with van der Waals surface area (Å²) in [5.74, 6) is 0.363. The summed E-state index contributed by atoms with van der Waals surface area (Å²) in [6.45, 7) is 3.82. The number of likely N-dealkylation sites (tertiary alicyclic amines) is 1. The molecule has 0 aromatic heterocycles. The molecular formula is C15H29NO2. The predicted molar refractivity (Wildman–Crippen MR) is 74.4 cm³/mol. The molecule has 1 saturated heterocycles. The Kier molecular flexibility index (Phi) is 8.06. The maximum absolute atomic E-state index is 11.8. The SMILES string of the molecule is CC(O)CCCCCCCCC(=O)N1CCCC1. The number of aliphatic hydroxyl groups is 1. The maximum atomic E-state index is 11.8. The quantitative estimate of drug-likeness (QED) is 0.643. The summed E-state index contributed by atoms with van der Waals surface area (Å²) < 4.78 is 0. The first-order valence-corrected chi connectivity index (χ1v) is 7.66. The van der Waals surface area contributed by atoms with Gasteiger partial charge in [0.15, 0.2) is 0 Å². The van der Waals surface area contributed by atoms with Crippen LogP contribution in [-0.4, -0.2) is 35.1 Å². The molecule has 1 aliphatic rings. The summed E-state index contributed by atoms with van der Waals surface area (Å²) >= 11 is 0. The first-order chi connectivity index (χ1) is 8.70. The van der Waals surface area contributed by atoms with Gasteiger partial charge in [0.05, 0.1) is 6.10 Å². The van der Waals surface area contributed by atoms with Gasteiger partial charge in [-0.3, -0.25) is 4.79 Å². The number of aliphatic hydroxyl groups excluding tert-OH is 1. The molecule has 106 valence electrons. The highest BCUT2D eigenvalue weighted by Gasteiger charge is 2.16. The topological polar surface area (TPSA) is 40.5 Å². The summed E-state index contributed by atoms with van der Waals surface area (Å²) in [5, 5.41) is 9.12. The van der Waals surface area contributed by atoms with E-state index in [2.05, 4.69) is 0 Å². The second-order valence-corrected chi connectivity index (χ2v) is 5.60. The van der Waals surface area contributed by atoms with E-state index in [1.807, 2.05) is 11.8 Å². The van der Waals surface area contributed by atoms with Crippen molar-refractivity contribution >= 4 is 5.91 Å². The van der Waals surface area contributed by atoms with E-state index in [1.165, 1.54) is 38.5 Å². The Balaban J connectivity index is 1.84. The third-order valence-corrected chi connectivity index (χ3v) is 3.72. The molecule has 0 bridgehead atoms. The van der Waals surface area contributed by atoms with Crippen LogP contribution in [0.15, 0.2) is 0 Å². The van der Waals surface area contributed by atoms with Crippen LogP contribution in [0.25, 0.3) is 0 Å². The highest BCUT2D eigenvalue weighted by Crippen LogP contribution is 2.13. The van der Waals surface area contributed by atoms with E-state index >= 15 is 0 Å². The summed E-state index contributed by atoms with van der Waals surface area (Å²) in [5.41, 5.74) is 0. The van der Waals surface area contributed by atoms with Gasteiger partial charge in [-0.15, -0.1) is 0 Å². The van der Waals surface area contributed by atoms with Gasteiger partial charge in [0.2, 0.25) is 5.91 Å². The van der Waals surface area contributed by atoms with Crippen LogP contribution in [0.2, 0.25) is 0 Å². The van der Waals surface area contributed by atoms with Crippen LogP contribution in [0, 0.1) is 0 Å². The van der Waals surface area contributed by atoms with Crippen LogP contribution in [0.1, 0.15) is 71.1 Å². The van der Waals surface area contributed by atoms with E-state index in [0.29, 0.717) is 5.91 Å². The van der Waals surface area contributed by atoms with E-state index in [9.17, 15) is 4.79 Å². The van der Waals surface area contributed by atoms with Crippen LogP contribution in [0.4, 0.5) is 0 Å². The Labute approximate surface area is 112 Å². The summed E-state index contributed by atoms with van der Waals surface area (Å²) in [6, 6.07) is 0. The number of rotatable bonds is 9. The average Bonchev–Trinajstić information content (AvgIpc) is 2.85. The number of unbranched alkanes of at least 4 members (excludes halogenated alkanes) is 5. The number of hydrogen-bond donors (Lipinski definition) is 1. The van der Waals surface area contributed by atoms with Gasteiger partial charge >= 0.3 is 0 Å². The molecule has 1 rings (SSSR count). The van der Waals surface area contributed by atoms with Crippen LogP contribution < -0.4 is 0 Å². The minimum Gasteiger partial charge on any atom is -0.393 e. The van der Waals surface area contributed by atoms with Gasteiger partial charge in [0, 0.05) is 19.5 Å². The number of carbonyl (C=O) groups is 1. The van der Waals surface area contributed by atoms with Crippen molar-refractivity contribution in [3.05, 3.63) is 0 Å². The molecule has 1 aliphatic heterocycles. The molecule has 0 aliphatic carbocycles. The van der Waals surface area contributed by atoms with Crippen molar-refractivity contribution in [3.8, 4) is 0 Å². The lowest BCUT2D eigenvalue weighted by Crippen LogP contribution is -2.27. The normalized spacial score (nSPS) is 17.1. The van der Waals surface area contributed by atoms with Crippen LogP contribution in [0.5, 0.6) is 0 Å². The lowest BCUT2D eigenvalue weighted by atomic mass is 10.1. The fourth-order valence-electron chi connectivity index (χ4n) is 2.55. The zero-order valence-corrected chi connectivity index (χ0v) is 11.9. The first-order valence-electron chi connectivity index (χ1n) is 7.66. The second kappa shape index (κ2) is 9.37. The molecule has 1 heterocycles. The largest absolute Gasteiger partial charge is 0.393 e. The van der Waals surface area contributed by atoms with Gasteiger partial charge in [-0.1, -0.05) is 32.1 Å². The molecule has 1 unspecified atom stereocenters. The van der Waals surface area contributed by atoms with Crippen LogP contribution >= 0.6 is 0 Å². The van der Waals surface area contributed by atoms with Crippen molar-refractivity contribution in [2.45, 2.75) is 77.2 Å². The molecule has 0 saturated carbocycles. The molecule has 1 amide bonds. The second-order valence-electron chi connectivity index (χ2n) is 5.60. The van der Waals surface area contributed by atoms with E-state index in [4.69, 9.17) is 5.11 Å². The van der Waals surface area contributed by atoms with Gasteiger partial charge in [0.25, 0.3) is 0 Å². The minimum absolute atomic E-state index is 0.150. The van der Waals surface area contributed by atoms with Gasteiger partial charge < -0.3 is 10.0 Å². The van der Waals surface area contributed by atoms with Crippen molar-refractivity contribution in [1.29, 1.82) is 0 Å². The number of carbonyl (C=O) groups excluding carboxylic acids is 1. The lowest BCUT2D eigenvalue weighted by molar-refractivity contribution is -0.130. The fraction of sp³-hybridized carbons (Fsp3) is 0.933. The van der Waals surface area contributed by atoms with E-state index in [0.717, 1.165) is 38.8 Å². The van der Waals surface area contributed by atoms with Crippen molar-refractivity contribution in [2.75, 3.05) is 13.1 Å². The van der Waals surface area contributed by atoms with E-state index < -0.39 is 0 Å². The highest BCUT2D eigenvalue weighted by molar-refractivity contribution is 5.76. The molecule has 0 radical (unpaired) electrons. The third kappa shape index (κ3) is 7.00. The minimum atomic E-state index is -0.150. The lowest BCUT2D eigenvalue weighted by Gasteiger charge is -2.14. The molecule has 0 aromatic carbocycles. The van der Waals surface area contributed by atoms with Crippen molar-refractivity contribution in [3.63, 3.8) is 0 Å². The molecule has 3 heteroatoms. The van der Waals surface area contributed by atoms with Gasteiger partial charge in [-0.05, 0) is 32.6 Å². The summed E-state index contributed by atoms with van der Waals surface area (Å²) in [6.07, 6.45) is 10.9. The van der Waals surface area contributed by atoms with E-state index in [1.54, 1.807) is 0 Å². The monoisotopic (exact) mass is 255 g/mol. The fourth-order valence-corrected chi connectivity index (χ4v) is 2.55. The number of hydrogen-bond acceptors (Lipinski definition) is 2. The Morgan fingerprint density at radius 3 is 2.22 bits per heavy atom. The molecule has 0 aromatic rings. The highest BCUT2D eigenvalue weighted by atomic mass is 16.3. The van der Waals surface area contributed by atoms with Crippen molar-refractivity contribution in [1.82, 2.24) is 4.90 Å². The zero-order valence-electron chi connectivity index (χ0n) is 11.9. The first kappa shape index (κ1) is 15.5. The third-order valence-electron chi connectivity index (χ3n) is 3.72. The average molecular weight is 255 g/mol. The van der Waals surface area contributed by atoms with Gasteiger partial charge in [0.1, 0.15) is 0 Å². The molecule has 1 N–H and O–H groups in total. The van der Waals surface area contributed by atoms with Crippen molar-refractivity contribution in [2.24, 2.45) is 0 Å². The molecule has 3 nitrogen and oxygen atoms in total. The molecule has 1 atom stereocenters. The molecule has 1 fully saturated rings. The Hall–Kier alpha value is -0.570. The number of amides is 1. The Morgan fingerprint density at radius 1 is 1.06 bits per heavy atom. The van der Waals surface area contributed by atoms with Gasteiger partial charge in [-0.25, -0.2) is 0 Å². The Bertz CT molecular complexity index is 223. The number of nitrogens with zero attached hydrogens (tertiary/aromatic N) is 1. The smallest absolute Gasteiger partial charge is 0.222 e. The molecular weight excluding hydrogens is 226 g/mol. The maximum Gasteiger partial charge on any atom is 0.222 e. The Morgan fingerprint density at radius 2 is 1.61 bits per heavy atom. The van der Waals surface area contributed by atoms with Gasteiger partial charge in [-0.2, -0.15) is 0 Å². The van der Waals surface area contributed by atoms with E-state index in [-0.39, 0.29) is 6.10 Å². The predicted octanol–water partition coefficient (Wildman–Crippen LogP) is 3.11. The molecule has 0 spiro atoms. The zero-order chi connectivity index (χ0) is 13.2. The van der Waals surface area contributed by atoms with Crippen molar-refractivity contribution < 1.29 is 9.90 Å². The summed E-state index contributed by atoms with van der Waals surface area (Å²) in [4.78, 5) is 13.8. The van der Waals surface area contributed by atoms with Crippen LogP contribution in [0.3, 0.4) is 0 Å². The standard InChI is InChI=1S/C15H29NO2/c1-14(17)10-6-4-2-3-5-7-11-15(18)16-12-8-9-13-16/h14,17H,2-13H2,1H3. The summed E-state index contributed by atoms with van der Waals surface area (Å²) in [7, 11) is 0. The van der Waals surface area contributed by atoms with Crippen LogP contribution in [-0.2, 0) is 4.79 Å². The molecule has 18 heavy (non-hydrogen) atoms.